The normalized spacial score (nSPS) is 17.1. The van der Waals surface area contributed by atoms with E-state index in [1.165, 1.54) is 24.0 Å². The van der Waals surface area contributed by atoms with E-state index in [1.807, 2.05) is 18.2 Å². The predicted molar refractivity (Wildman–Crippen MR) is 120 cm³/mol. The molecule has 1 aliphatic rings. The first kappa shape index (κ1) is 21.2. The summed E-state index contributed by atoms with van der Waals surface area (Å²) in [6, 6.07) is 11.5. The molecule has 3 heteroatoms. The van der Waals surface area contributed by atoms with Crippen molar-refractivity contribution in [3.63, 3.8) is 0 Å². The van der Waals surface area contributed by atoms with Crippen molar-refractivity contribution in [3.8, 4) is 5.75 Å². The molecule has 1 aliphatic carbocycles. The second kappa shape index (κ2) is 8.06. The molecule has 0 amide bonds. The smallest absolute Gasteiger partial charge is 0.335 e. The van der Waals surface area contributed by atoms with E-state index in [4.69, 9.17) is 9.84 Å². The van der Waals surface area contributed by atoms with Crippen LogP contribution in [-0.4, -0.2) is 17.7 Å². The molecule has 0 aliphatic heterocycles. The largest absolute Gasteiger partial charge is 0.493 e. The molecule has 0 radical (unpaired) electrons. The van der Waals surface area contributed by atoms with E-state index in [0.29, 0.717) is 12.2 Å². The van der Waals surface area contributed by atoms with Gasteiger partial charge in [-0.15, -0.1) is 0 Å². The van der Waals surface area contributed by atoms with Gasteiger partial charge in [0.2, 0.25) is 0 Å². The minimum absolute atomic E-state index is 0.139. The van der Waals surface area contributed by atoms with Crippen LogP contribution in [0.1, 0.15) is 86.5 Å². The highest BCUT2D eigenvalue weighted by Gasteiger charge is 2.37. The number of benzene rings is 2. The van der Waals surface area contributed by atoms with E-state index in [-0.39, 0.29) is 10.8 Å². The number of aromatic carboxylic acids is 1. The maximum absolute atomic E-state index is 11.1. The lowest BCUT2D eigenvalue weighted by Gasteiger charge is -2.42. The zero-order valence-corrected chi connectivity index (χ0v) is 18.2. The second-order valence-electron chi connectivity index (χ2n) is 9.31. The van der Waals surface area contributed by atoms with Crippen LogP contribution in [-0.2, 0) is 10.8 Å². The molecule has 3 rings (SSSR count). The molecular formula is C26H32O3. The van der Waals surface area contributed by atoms with Gasteiger partial charge in [0.25, 0.3) is 0 Å². The molecule has 1 N–H and O–H groups in total. The summed E-state index contributed by atoms with van der Waals surface area (Å²) in [4.78, 5) is 11.1. The third-order valence-electron chi connectivity index (χ3n) is 6.06. The van der Waals surface area contributed by atoms with Crippen LogP contribution in [0.4, 0.5) is 0 Å². The van der Waals surface area contributed by atoms with E-state index >= 15 is 0 Å². The highest BCUT2D eigenvalue weighted by molar-refractivity contribution is 5.88. The van der Waals surface area contributed by atoms with Crippen LogP contribution in [0.25, 0.3) is 12.2 Å². The van der Waals surface area contributed by atoms with Crippen LogP contribution in [0.3, 0.4) is 0 Å². The van der Waals surface area contributed by atoms with Gasteiger partial charge in [-0.2, -0.15) is 0 Å². The first-order chi connectivity index (χ1) is 13.6. The third-order valence-corrected chi connectivity index (χ3v) is 6.06. The molecule has 0 saturated carbocycles. The van der Waals surface area contributed by atoms with Crippen LogP contribution in [0.5, 0.6) is 5.75 Å². The average molecular weight is 393 g/mol. The molecule has 0 spiro atoms. The van der Waals surface area contributed by atoms with Crippen LogP contribution in [0.15, 0.2) is 36.4 Å². The first-order valence-corrected chi connectivity index (χ1v) is 10.5. The topological polar surface area (TPSA) is 46.5 Å². The summed E-state index contributed by atoms with van der Waals surface area (Å²) >= 11 is 0. The van der Waals surface area contributed by atoms with Crippen molar-refractivity contribution in [2.24, 2.45) is 0 Å². The Morgan fingerprint density at radius 2 is 1.59 bits per heavy atom. The quantitative estimate of drug-likeness (QED) is 0.557. The van der Waals surface area contributed by atoms with Gasteiger partial charge in [0, 0.05) is 5.56 Å². The van der Waals surface area contributed by atoms with Crippen molar-refractivity contribution >= 4 is 18.1 Å². The highest BCUT2D eigenvalue weighted by Crippen LogP contribution is 2.47. The molecular weight excluding hydrogens is 360 g/mol. The molecule has 0 unspecified atom stereocenters. The Bertz CT molecular complexity index is 918. The number of rotatable bonds is 6. The van der Waals surface area contributed by atoms with Gasteiger partial charge in [0.1, 0.15) is 5.75 Å². The fourth-order valence-corrected chi connectivity index (χ4v) is 4.00. The van der Waals surface area contributed by atoms with Crippen LogP contribution in [0.2, 0.25) is 0 Å². The number of ether oxygens (including phenoxy) is 1. The lowest BCUT2D eigenvalue weighted by Crippen LogP contribution is -2.34. The maximum atomic E-state index is 11.1. The van der Waals surface area contributed by atoms with Gasteiger partial charge in [0.05, 0.1) is 12.2 Å². The van der Waals surface area contributed by atoms with Crippen molar-refractivity contribution in [2.45, 2.75) is 64.7 Å². The summed E-state index contributed by atoms with van der Waals surface area (Å²) in [6.07, 6.45) is 7.41. The maximum Gasteiger partial charge on any atom is 0.335 e. The van der Waals surface area contributed by atoms with Gasteiger partial charge in [0.15, 0.2) is 0 Å². The van der Waals surface area contributed by atoms with Crippen molar-refractivity contribution in [1.29, 1.82) is 0 Å². The Kier molecular flexibility index (Phi) is 5.88. The second-order valence-corrected chi connectivity index (χ2v) is 9.31. The fourth-order valence-electron chi connectivity index (χ4n) is 4.00. The number of hydrogen-bond acceptors (Lipinski definition) is 2. The zero-order chi connectivity index (χ0) is 21.2. The van der Waals surface area contributed by atoms with E-state index < -0.39 is 5.97 Å². The van der Waals surface area contributed by atoms with Crippen molar-refractivity contribution < 1.29 is 14.6 Å². The third kappa shape index (κ3) is 4.55. The summed E-state index contributed by atoms with van der Waals surface area (Å²) in [7, 11) is 0. The van der Waals surface area contributed by atoms with Gasteiger partial charge >= 0.3 is 5.97 Å². The van der Waals surface area contributed by atoms with Gasteiger partial charge < -0.3 is 9.84 Å². The molecule has 0 fully saturated rings. The lowest BCUT2D eigenvalue weighted by molar-refractivity contribution is 0.0697. The number of hydrogen-bond donors (Lipinski definition) is 1. The first-order valence-electron chi connectivity index (χ1n) is 10.5. The van der Waals surface area contributed by atoms with Gasteiger partial charge in [-0.1, -0.05) is 58.9 Å². The fraction of sp³-hybridized carbons (Fsp3) is 0.423. The molecule has 0 atom stereocenters. The number of fused-ring (bicyclic) bond motifs is 1. The molecule has 0 heterocycles. The molecule has 154 valence electrons. The summed E-state index contributed by atoms with van der Waals surface area (Å²) in [5.74, 6) is 0.0186. The number of carboxylic acids is 1. The lowest BCUT2D eigenvalue weighted by atomic mass is 9.63. The van der Waals surface area contributed by atoms with Crippen molar-refractivity contribution in [1.82, 2.24) is 0 Å². The minimum Gasteiger partial charge on any atom is -0.493 e. The molecule has 2 aromatic rings. The summed E-state index contributed by atoms with van der Waals surface area (Å²) < 4.78 is 6.12. The van der Waals surface area contributed by atoms with Crippen LogP contribution < -0.4 is 4.74 Å². The summed E-state index contributed by atoms with van der Waals surface area (Å²) in [5, 5.41) is 9.07. The molecule has 0 bridgehead atoms. The summed E-state index contributed by atoms with van der Waals surface area (Å²) in [6.45, 7) is 12.1. The minimum atomic E-state index is -0.907. The standard InChI is InChI=1S/C26H32O3/c1-6-15-29-23-17-22-21(25(2,3)13-14-26(22,4)5)16-20(23)12-9-18-7-10-19(11-8-18)24(27)28/h7-12,16-17H,6,13-15H2,1-5H3,(H,27,28)/b12-9+. The monoisotopic (exact) mass is 392 g/mol. The molecule has 2 aromatic carbocycles. The number of carboxylic acid groups (broad SMARTS) is 1. The highest BCUT2D eigenvalue weighted by atomic mass is 16.5. The van der Waals surface area contributed by atoms with E-state index in [9.17, 15) is 4.79 Å². The predicted octanol–water partition coefficient (Wildman–Crippen LogP) is 6.69. The van der Waals surface area contributed by atoms with Gasteiger partial charge in [-0.3, -0.25) is 0 Å². The average Bonchev–Trinajstić information content (AvgIpc) is 2.68. The Morgan fingerprint density at radius 3 is 2.14 bits per heavy atom. The van der Waals surface area contributed by atoms with Crippen molar-refractivity contribution in [2.75, 3.05) is 6.61 Å². The molecule has 0 aromatic heterocycles. The van der Waals surface area contributed by atoms with E-state index in [2.05, 4.69) is 52.8 Å². The zero-order valence-electron chi connectivity index (χ0n) is 18.2. The van der Waals surface area contributed by atoms with Crippen molar-refractivity contribution in [3.05, 3.63) is 64.2 Å². The van der Waals surface area contributed by atoms with Gasteiger partial charge in [-0.05, 0) is 71.0 Å². The van der Waals surface area contributed by atoms with Crippen LogP contribution >= 0.6 is 0 Å². The number of carbonyl (C=O) groups is 1. The molecule has 0 saturated heterocycles. The van der Waals surface area contributed by atoms with Crippen LogP contribution in [0, 0.1) is 0 Å². The Labute approximate surface area is 174 Å². The summed E-state index contributed by atoms with van der Waals surface area (Å²) in [5.41, 5.74) is 5.41. The molecule has 3 nitrogen and oxygen atoms in total. The molecule has 29 heavy (non-hydrogen) atoms. The Hall–Kier alpha value is -2.55. The van der Waals surface area contributed by atoms with E-state index in [0.717, 1.165) is 23.3 Å². The SMILES string of the molecule is CCCOc1cc2c(cc1/C=C/c1ccc(C(=O)O)cc1)C(C)(C)CCC2(C)C. The van der Waals surface area contributed by atoms with E-state index in [1.54, 1.807) is 12.1 Å². The Balaban J connectivity index is 2.03. The van der Waals surface area contributed by atoms with Gasteiger partial charge in [-0.25, -0.2) is 4.79 Å². The Morgan fingerprint density at radius 1 is 1.00 bits per heavy atom.